The van der Waals surface area contributed by atoms with E-state index in [4.69, 9.17) is 4.74 Å². The molecule has 0 saturated heterocycles. The Hall–Kier alpha value is -2.57. The van der Waals surface area contributed by atoms with Crippen molar-refractivity contribution in [1.82, 2.24) is 10.6 Å². The summed E-state index contributed by atoms with van der Waals surface area (Å²) in [6, 6.07) is 5.57. The molecule has 138 valence electrons. The van der Waals surface area contributed by atoms with Gasteiger partial charge in [-0.15, -0.1) is 0 Å². The van der Waals surface area contributed by atoms with Crippen LogP contribution in [0.5, 0.6) is 5.75 Å². The molecule has 25 heavy (non-hydrogen) atoms. The quantitative estimate of drug-likeness (QED) is 0.655. The van der Waals surface area contributed by atoms with E-state index in [1.54, 1.807) is 39.8 Å². The lowest BCUT2D eigenvalue weighted by Gasteiger charge is -2.21. The number of phenolic OH excluding ortho intramolecular Hbond substituents is 1. The lowest BCUT2D eigenvalue weighted by molar-refractivity contribution is -0.120. The number of amides is 2. The Balaban J connectivity index is 2.31. The van der Waals surface area contributed by atoms with Crippen molar-refractivity contribution in [3.63, 3.8) is 0 Å². The van der Waals surface area contributed by atoms with Gasteiger partial charge in [0, 0.05) is 13.0 Å². The van der Waals surface area contributed by atoms with Crippen LogP contribution in [0.1, 0.15) is 50.9 Å². The minimum absolute atomic E-state index is 0.0914. The van der Waals surface area contributed by atoms with Crippen molar-refractivity contribution in [2.24, 2.45) is 0 Å². The Kier molecular flexibility index (Phi) is 7.42. The highest BCUT2D eigenvalue weighted by molar-refractivity contribution is 5.96. The van der Waals surface area contributed by atoms with Crippen LogP contribution in [0.25, 0.3) is 0 Å². The molecule has 0 aliphatic heterocycles. The molecule has 1 aromatic rings. The first-order chi connectivity index (χ1) is 11.6. The van der Waals surface area contributed by atoms with Crippen LogP contribution in [0, 0.1) is 0 Å². The molecule has 0 radical (unpaired) electrons. The molecule has 1 rings (SSSR count). The average molecular weight is 350 g/mol. The lowest BCUT2D eigenvalue weighted by atomic mass is 10.1. The van der Waals surface area contributed by atoms with Crippen LogP contribution in [0.15, 0.2) is 24.3 Å². The van der Waals surface area contributed by atoms with Crippen molar-refractivity contribution in [3.05, 3.63) is 29.8 Å². The third-order valence-electron chi connectivity index (χ3n) is 3.25. The molecule has 2 amide bonds. The van der Waals surface area contributed by atoms with E-state index in [9.17, 15) is 19.5 Å². The molecule has 0 aromatic heterocycles. The summed E-state index contributed by atoms with van der Waals surface area (Å²) in [6.07, 6.45) is -0.00233. The zero-order valence-corrected chi connectivity index (χ0v) is 15.1. The van der Waals surface area contributed by atoms with E-state index in [0.717, 1.165) is 0 Å². The van der Waals surface area contributed by atoms with Crippen LogP contribution >= 0.6 is 0 Å². The predicted molar refractivity (Wildman–Crippen MR) is 93.5 cm³/mol. The maximum Gasteiger partial charge on any atom is 0.408 e. The van der Waals surface area contributed by atoms with E-state index in [-0.39, 0.29) is 30.1 Å². The molecule has 0 spiro atoms. The third-order valence-corrected chi connectivity index (χ3v) is 3.25. The summed E-state index contributed by atoms with van der Waals surface area (Å²) in [5.74, 6) is -0.639. The fraction of sp³-hybridized carbons (Fsp3) is 0.500. The highest BCUT2D eigenvalue weighted by Crippen LogP contribution is 2.15. The van der Waals surface area contributed by atoms with Crippen LogP contribution in [0.3, 0.4) is 0 Å². The number of phenols is 1. The number of para-hydroxylation sites is 1. The summed E-state index contributed by atoms with van der Waals surface area (Å²) < 4.78 is 5.09. The highest BCUT2D eigenvalue weighted by Gasteiger charge is 2.20. The number of ketones is 1. The van der Waals surface area contributed by atoms with Crippen molar-refractivity contribution in [2.75, 3.05) is 6.54 Å². The van der Waals surface area contributed by atoms with Crippen molar-refractivity contribution >= 4 is 17.8 Å². The molecule has 3 N–H and O–H groups in total. The van der Waals surface area contributed by atoms with Crippen molar-refractivity contribution in [1.29, 1.82) is 0 Å². The first kappa shape index (κ1) is 20.5. The molecular formula is C18H26N2O5. The molecule has 1 atom stereocenters. The molecule has 0 unspecified atom stereocenters. The summed E-state index contributed by atoms with van der Waals surface area (Å²) >= 11 is 0. The van der Waals surface area contributed by atoms with Gasteiger partial charge in [0.15, 0.2) is 5.78 Å². The summed E-state index contributed by atoms with van der Waals surface area (Å²) in [5, 5.41) is 14.7. The second-order valence-electron chi connectivity index (χ2n) is 6.71. The van der Waals surface area contributed by atoms with Crippen LogP contribution in [0.2, 0.25) is 0 Å². The standard InChI is InChI=1S/C18H26N2O5/c1-12(20-17(24)25-18(2,3)4)14(21)10-7-11-19-16(23)13-8-5-6-9-15(13)22/h5-6,8-9,12,22H,7,10-11H2,1-4H3,(H,19,23)(H,20,24)/t12-/m0/s1. The number of nitrogens with one attached hydrogen (secondary N) is 2. The van der Waals surface area contributed by atoms with Crippen molar-refractivity contribution in [2.45, 2.75) is 52.2 Å². The predicted octanol–water partition coefficient (Wildman–Crippen LogP) is 2.38. The smallest absolute Gasteiger partial charge is 0.408 e. The molecular weight excluding hydrogens is 324 g/mol. The molecule has 1 aromatic carbocycles. The third kappa shape index (κ3) is 7.69. The number of hydrogen-bond acceptors (Lipinski definition) is 5. The molecule has 0 aliphatic carbocycles. The number of alkyl carbamates (subject to hydrolysis) is 1. The number of rotatable bonds is 7. The minimum atomic E-state index is -0.663. The monoisotopic (exact) mass is 350 g/mol. The maximum atomic E-state index is 12.0. The van der Waals surface area contributed by atoms with Gasteiger partial charge in [0.2, 0.25) is 0 Å². The Morgan fingerprint density at radius 2 is 1.84 bits per heavy atom. The van der Waals surface area contributed by atoms with Gasteiger partial charge >= 0.3 is 6.09 Å². The second-order valence-corrected chi connectivity index (χ2v) is 6.71. The number of ether oxygens (including phenoxy) is 1. The van der Waals surface area contributed by atoms with Gasteiger partial charge < -0.3 is 20.5 Å². The number of carbonyl (C=O) groups excluding carboxylic acids is 3. The van der Waals surface area contributed by atoms with E-state index < -0.39 is 23.6 Å². The van der Waals surface area contributed by atoms with Crippen LogP contribution < -0.4 is 10.6 Å². The van der Waals surface area contributed by atoms with Gasteiger partial charge in [0.1, 0.15) is 11.4 Å². The Labute approximate surface area is 147 Å². The Bertz CT molecular complexity index is 622. The van der Waals surface area contributed by atoms with E-state index in [1.807, 2.05) is 0 Å². The Morgan fingerprint density at radius 1 is 1.20 bits per heavy atom. The SMILES string of the molecule is C[C@H](NC(=O)OC(C)(C)C)C(=O)CCCNC(=O)c1ccccc1O. The topological polar surface area (TPSA) is 105 Å². The number of carbonyl (C=O) groups is 3. The van der Waals surface area contributed by atoms with E-state index in [0.29, 0.717) is 6.42 Å². The molecule has 0 fully saturated rings. The van der Waals surface area contributed by atoms with E-state index in [1.165, 1.54) is 12.1 Å². The molecule has 7 heteroatoms. The summed E-state index contributed by atoms with van der Waals surface area (Å²) in [7, 11) is 0. The van der Waals surface area contributed by atoms with Crippen LogP contribution in [0.4, 0.5) is 4.79 Å². The molecule has 0 heterocycles. The van der Waals surface area contributed by atoms with Gasteiger partial charge in [-0.1, -0.05) is 12.1 Å². The fourth-order valence-electron chi connectivity index (χ4n) is 2.01. The molecule has 0 saturated carbocycles. The highest BCUT2D eigenvalue weighted by atomic mass is 16.6. The summed E-state index contributed by atoms with van der Waals surface area (Å²) in [5.41, 5.74) is -0.436. The first-order valence-electron chi connectivity index (χ1n) is 8.18. The normalized spacial score (nSPS) is 12.2. The van der Waals surface area contributed by atoms with Gasteiger partial charge in [-0.3, -0.25) is 9.59 Å². The molecule has 7 nitrogen and oxygen atoms in total. The fourth-order valence-corrected chi connectivity index (χ4v) is 2.01. The van der Waals surface area contributed by atoms with E-state index in [2.05, 4.69) is 10.6 Å². The van der Waals surface area contributed by atoms with Crippen LogP contribution in [-0.4, -0.2) is 41.1 Å². The number of benzene rings is 1. The summed E-state index contributed by atoms with van der Waals surface area (Å²) in [4.78, 5) is 35.5. The Morgan fingerprint density at radius 3 is 2.44 bits per heavy atom. The maximum absolute atomic E-state index is 12.0. The molecule has 0 bridgehead atoms. The minimum Gasteiger partial charge on any atom is -0.507 e. The van der Waals surface area contributed by atoms with Gasteiger partial charge in [-0.05, 0) is 46.2 Å². The number of Topliss-reactive ketones (excluding diaryl/α,β-unsaturated/α-hetero) is 1. The van der Waals surface area contributed by atoms with Crippen LogP contribution in [-0.2, 0) is 9.53 Å². The number of aromatic hydroxyl groups is 1. The summed E-state index contributed by atoms with van der Waals surface area (Å²) in [6.45, 7) is 7.11. The second kappa shape index (κ2) is 9.05. The largest absolute Gasteiger partial charge is 0.507 e. The van der Waals surface area contributed by atoms with Gasteiger partial charge in [0.25, 0.3) is 5.91 Å². The lowest BCUT2D eigenvalue weighted by Crippen LogP contribution is -2.41. The van der Waals surface area contributed by atoms with Crippen molar-refractivity contribution < 1.29 is 24.2 Å². The first-order valence-corrected chi connectivity index (χ1v) is 8.18. The average Bonchev–Trinajstić information content (AvgIpc) is 2.49. The van der Waals surface area contributed by atoms with Crippen molar-refractivity contribution in [3.8, 4) is 5.75 Å². The van der Waals surface area contributed by atoms with Gasteiger partial charge in [0.05, 0.1) is 11.6 Å². The number of hydrogen-bond donors (Lipinski definition) is 3. The van der Waals surface area contributed by atoms with E-state index >= 15 is 0 Å². The zero-order chi connectivity index (χ0) is 19.0. The van der Waals surface area contributed by atoms with Gasteiger partial charge in [-0.25, -0.2) is 4.79 Å². The molecule has 0 aliphatic rings. The zero-order valence-electron chi connectivity index (χ0n) is 15.1. The van der Waals surface area contributed by atoms with Gasteiger partial charge in [-0.2, -0.15) is 0 Å².